The quantitative estimate of drug-likeness (QED) is 0.709. The third kappa shape index (κ3) is 3.04. The summed E-state index contributed by atoms with van der Waals surface area (Å²) in [5, 5.41) is 0. The van der Waals surface area contributed by atoms with Crippen LogP contribution in [0.5, 0.6) is 0 Å². The first kappa shape index (κ1) is 11.1. The molecule has 0 heterocycles. The number of rotatable bonds is 4. The van der Waals surface area contributed by atoms with Crippen LogP contribution in [0.2, 0.25) is 0 Å². The van der Waals surface area contributed by atoms with Crippen molar-refractivity contribution in [3.05, 3.63) is 0 Å². The van der Waals surface area contributed by atoms with E-state index in [2.05, 4.69) is 18.9 Å². The Morgan fingerprint density at radius 2 is 2.00 bits per heavy atom. The lowest BCUT2D eigenvalue weighted by Crippen LogP contribution is -2.39. The lowest BCUT2D eigenvalue weighted by atomic mass is 9.86. The molecule has 0 saturated heterocycles. The molecule has 2 atom stereocenters. The highest BCUT2D eigenvalue weighted by molar-refractivity contribution is 5.84. The van der Waals surface area contributed by atoms with E-state index < -0.39 is 0 Å². The number of hydrogen-bond acceptors (Lipinski definition) is 2. The van der Waals surface area contributed by atoms with Crippen molar-refractivity contribution in [3.8, 4) is 0 Å². The first-order valence-corrected chi connectivity index (χ1v) is 6.39. The van der Waals surface area contributed by atoms with Crippen molar-refractivity contribution in [2.45, 2.75) is 51.5 Å². The molecule has 0 aromatic carbocycles. The number of likely N-dealkylation sites (N-methyl/N-ethyl adjacent to an activating group) is 1. The maximum Gasteiger partial charge on any atom is 0.149 e. The molecule has 0 aromatic heterocycles. The van der Waals surface area contributed by atoms with E-state index in [1.807, 2.05) is 0 Å². The first-order valence-electron chi connectivity index (χ1n) is 6.39. The van der Waals surface area contributed by atoms with Crippen LogP contribution in [0.4, 0.5) is 0 Å². The molecule has 0 amide bonds. The van der Waals surface area contributed by atoms with E-state index >= 15 is 0 Å². The highest BCUT2D eigenvalue weighted by Gasteiger charge is 2.31. The van der Waals surface area contributed by atoms with Crippen molar-refractivity contribution in [1.82, 2.24) is 4.90 Å². The van der Waals surface area contributed by atoms with Crippen molar-refractivity contribution >= 4 is 5.78 Å². The number of carbonyl (C=O) groups is 1. The maximum absolute atomic E-state index is 11.7. The molecule has 2 aliphatic carbocycles. The monoisotopic (exact) mass is 209 g/mol. The van der Waals surface area contributed by atoms with Gasteiger partial charge in [0.2, 0.25) is 0 Å². The normalized spacial score (nSPS) is 31.9. The van der Waals surface area contributed by atoms with Crippen molar-refractivity contribution < 1.29 is 4.79 Å². The average Bonchev–Trinajstić information content (AvgIpc) is 3.00. The second-order valence-electron chi connectivity index (χ2n) is 5.58. The van der Waals surface area contributed by atoms with E-state index in [9.17, 15) is 4.79 Å². The Kier molecular flexibility index (Phi) is 3.45. The largest absolute Gasteiger partial charge is 0.298 e. The lowest BCUT2D eigenvalue weighted by Gasteiger charge is -2.33. The van der Waals surface area contributed by atoms with Gasteiger partial charge in [0.15, 0.2) is 0 Å². The topological polar surface area (TPSA) is 20.3 Å². The Morgan fingerprint density at radius 3 is 2.60 bits per heavy atom. The Hall–Kier alpha value is -0.370. The molecule has 0 aliphatic heterocycles. The zero-order valence-corrected chi connectivity index (χ0v) is 10.0. The summed E-state index contributed by atoms with van der Waals surface area (Å²) in [6.45, 7) is 3.03. The fourth-order valence-electron chi connectivity index (χ4n) is 2.71. The number of carbonyl (C=O) groups excluding carboxylic acids is 1. The van der Waals surface area contributed by atoms with Gasteiger partial charge in [-0.2, -0.15) is 0 Å². The van der Waals surface area contributed by atoms with E-state index in [-0.39, 0.29) is 0 Å². The molecule has 2 aliphatic rings. The molecule has 2 unspecified atom stereocenters. The molecule has 2 rings (SSSR count). The molecule has 0 bridgehead atoms. The highest BCUT2D eigenvalue weighted by Crippen LogP contribution is 2.31. The average molecular weight is 209 g/mol. The predicted octanol–water partition coefficient (Wildman–Crippen LogP) is 2.48. The summed E-state index contributed by atoms with van der Waals surface area (Å²) in [5.41, 5.74) is 0. The molecule has 2 saturated carbocycles. The lowest BCUT2D eigenvalue weighted by molar-refractivity contribution is -0.121. The van der Waals surface area contributed by atoms with Crippen LogP contribution >= 0.6 is 0 Å². The summed E-state index contributed by atoms with van der Waals surface area (Å²) in [7, 11) is 2.13. The fourth-order valence-corrected chi connectivity index (χ4v) is 2.71. The summed E-state index contributed by atoms with van der Waals surface area (Å²) >= 11 is 0. The molecule has 2 fully saturated rings. The summed E-state index contributed by atoms with van der Waals surface area (Å²) in [6.07, 6.45) is 7.59. The smallest absolute Gasteiger partial charge is 0.149 e. The van der Waals surface area contributed by atoms with Crippen molar-refractivity contribution in [1.29, 1.82) is 0 Å². The summed E-state index contributed by atoms with van der Waals surface area (Å²) in [5.74, 6) is 1.76. The Morgan fingerprint density at radius 1 is 1.27 bits per heavy atom. The van der Waals surface area contributed by atoms with Gasteiger partial charge in [0.05, 0.1) is 6.54 Å². The van der Waals surface area contributed by atoms with Crippen LogP contribution in [0, 0.1) is 11.8 Å². The molecule has 2 heteroatoms. The molecule has 0 N–H and O–H groups in total. The summed E-state index contributed by atoms with van der Waals surface area (Å²) in [6, 6.07) is 0.663. The van der Waals surface area contributed by atoms with Gasteiger partial charge in [0, 0.05) is 12.0 Å². The summed E-state index contributed by atoms with van der Waals surface area (Å²) < 4.78 is 0. The third-order valence-corrected chi connectivity index (χ3v) is 3.97. The second kappa shape index (κ2) is 4.65. The van der Waals surface area contributed by atoms with Gasteiger partial charge in [-0.1, -0.05) is 19.8 Å². The number of Topliss-reactive ketones (excluding diaryl/α,β-unsaturated/α-hetero) is 1. The Balaban J connectivity index is 1.78. The van der Waals surface area contributed by atoms with E-state index in [0.29, 0.717) is 24.3 Å². The van der Waals surface area contributed by atoms with Crippen LogP contribution in [0.25, 0.3) is 0 Å². The molecule has 86 valence electrons. The van der Waals surface area contributed by atoms with Gasteiger partial charge in [0.25, 0.3) is 0 Å². The third-order valence-electron chi connectivity index (χ3n) is 3.97. The fraction of sp³-hybridized carbons (Fsp3) is 0.923. The molecule has 2 nitrogen and oxygen atoms in total. The predicted molar refractivity (Wildman–Crippen MR) is 61.8 cm³/mol. The van der Waals surface area contributed by atoms with Gasteiger partial charge in [-0.25, -0.2) is 0 Å². The first-order chi connectivity index (χ1) is 7.16. The Bertz CT molecular complexity index is 235. The van der Waals surface area contributed by atoms with E-state index in [4.69, 9.17) is 0 Å². The van der Waals surface area contributed by atoms with Gasteiger partial charge in [-0.15, -0.1) is 0 Å². The van der Waals surface area contributed by atoms with Crippen LogP contribution in [0.1, 0.15) is 45.4 Å². The van der Waals surface area contributed by atoms with E-state index in [0.717, 1.165) is 18.8 Å². The summed E-state index contributed by atoms with van der Waals surface area (Å²) in [4.78, 5) is 14.0. The molecule has 15 heavy (non-hydrogen) atoms. The van der Waals surface area contributed by atoms with Crippen LogP contribution in [0.15, 0.2) is 0 Å². The van der Waals surface area contributed by atoms with E-state index in [1.165, 1.54) is 25.7 Å². The minimum absolute atomic E-state index is 0.425. The Labute approximate surface area is 93.0 Å². The van der Waals surface area contributed by atoms with Crippen molar-refractivity contribution in [3.63, 3.8) is 0 Å². The zero-order chi connectivity index (χ0) is 10.8. The van der Waals surface area contributed by atoms with Gasteiger partial charge in [-0.05, 0) is 38.6 Å². The van der Waals surface area contributed by atoms with Gasteiger partial charge in [0.1, 0.15) is 5.78 Å². The highest BCUT2D eigenvalue weighted by atomic mass is 16.1. The van der Waals surface area contributed by atoms with Crippen LogP contribution in [-0.2, 0) is 4.79 Å². The van der Waals surface area contributed by atoms with Gasteiger partial charge >= 0.3 is 0 Å². The molecular weight excluding hydrogens is 186 g/mol. The second-order valence-corrected chi connectivity index (χ2v) is 5.58. The van der Waals surface area contributed by atoms with Crippen LogP contribution in [0.3, 0.4) is 0 Å². The zero-order valence-electron chi connectivity index (χ0n) is 10.0. The number of hydrogen-bond donors (Lipinski definition) is 0. The van der Waals surface area contributed by atoms with Crippen molar-refractivity contribution in [2.24, 2.45) is 11.8 Å². The molecule has 0 aromatic rings. The van der Waals surface area contributed by atoms with E-state index in [1.54, 1.807) is 0 Å². The SMILES string of the molecule is CC1CCCC(N(C)CC(=O)C2CC2)C1. The maximum atomic E-state index is 11.7. The minimum Gasteiger partial charge on any atom is -0.298 e. The van der Waals surface area contributed by atoms with Gasteiger partial charge < -0.3 is 0 Å². The van der Waals surface area contributed by atoms with Crippen molar-refractivity contribution in [2.75, 3.05) is 13.6 Å². The molecule has 0 spiro atoms. The van der Waals surface area contributed by atoms with Crippen LogP contribution in [-0.4, -0.2) is 30.3 Å². The van der Waals surface area contributed by atoms with Crippen LogP contribution < -0.4 is 0 Å². The molecular formula is C13H23NO. The standard InChI is InChI=1S/C13H23NO/c1-10-4-3-5-12(8-10)14(2)9-13(15)11-6-7-11/h10-12H,3-9H2,1-2H3. The molecule has 0 radical (unpaired) electrons. The minimum atomic E-state index is 0.425. The number of ketones is 1. The number of nitrogens with zero attached hydrogens (tertiary/aromatic N) is 1. The van der Waals surface area contributed by atoms with Gasteiger partial charge in [-0.3, -0.25) is 9.69 Å².